The second-order valence-corrected chi connectivity index (χ2v) is 4.36. The molecule has 1 aliphatic carbocycles. The van der Waals surface area contributed by atoms with Gasteiger partial charge >= 0.3 is 0 Å². The summed E-state index contributed by atoms with van der Waals surface area (Å²) < 4.78 is 0. The molecule has 0 saturated heterocycles. The van der Waals surface area contributed by atoms with Gasteiger partial charge in [-0.3, -0.25) is 0 Å². The average molecular weight is 192 g/mol. The first kappa shape index (κ1) is 11.6. The summed E-state index contributed by atoms with van der Waals surface area (Å²) in [5.41, 5.74) is 5.07. The standard InChI is InChI=1S/C14H24/c1-2-3-4-5-6-8-11-14-12-9-7-10-13-14/h8H,2-7,9-10,12-13H2,1H3. The van der Waals surface area contributed by atoms with Crippen molar-refractivity contribution in [2.75, 3.05) is 0 Å². The normalized spacial score (nSPS) is 16.5. The van der Waals surface area contributed by atoms with Gasteiger partial charge in [0.15, 0.2) is 0 Å². The Kier molecular flexibility index (Phi) is 6.53. The van der Waals surface area contributed by atoms with Crippen LogP contribution in [0.2, 0.25) is 0 Å². The Hall–Kier alpha value is -0.480. The Balaban J connectivity index is 2.11. The minimum atomic E-state index is 1.24. The fourth-order valence-corrected chi connectivity index (χ4v) is 2.01. The third kappa shape index (κ3) is 5.29. The molecule has 0 heteroatoms. The molecule has 80 valence electrons. The fraction of sp³-hybridized carbons (Fsp3) is 0.786. The highest BCUT2D eigenvalue weighted by atomic mass is 14.1. The van der Waals surface area contributed by atoms with E-state index < -0.39 is 0 Å². The molecule has 0 aromatic heterocycles. The van der Waals surface area contributed by atoms with Crippen molar-refractivity contribution in [1.82, 2.24) is 0 Å². The molecule has 1 aliphatic rings. The Morgan fingerprint density at radius 1 is 1.07 bits per heavy atom. The maximum atomic E-state index is 3.49. The van der Waals surface area contributed by atoms with Crippen LogP contribution >= 0.6 is 0 Å². The van der Waals surface area contributed by atoms with Crippen molar-refractivity contribution >= 4 is 0 Å². The van der Waals surface area contributed by atoms with Gasteiger partial charge < -0.3 is 0 Å². The summed E-state index contributed by atoms with van der Waals surface area (Å²) in [4.78, 5) is 0. The highest BCUT2D eigenvalue weighted by molar-refractivity contribution is 5.03. The maximum absolute atomic E-state index is 3.49. The molecular weight excluding hydrogens is 168 g/mol. The summed E-state index contributed by atoms with van der Waals surface area (Å²) in [6.07, 6.45) is 15.8. The zero-order valence-corrected chi connectivity index (χ0v) is 9.65. The molecule has 0 N–H and O–H groups in total. The monoisotopic (exact) mass is 192 g/mol. The van der Waals surface area contributed by atoms with E-state index in [1.165, 1.54) is 64.2 Å². The summed E-state index contributed by atoms with van der Waals surface area (Å²) in [6, 6.07) is 0. The number of allylic oxidation sites excluding steroid dienone is 1. The first-order chi connectivity index (χ1) is 6.93. The minimum Gasteiger partial charge on any atom is -0.126 e. The first-order valence-electron chi connectivity index (χ1n) is 6.36. The molecule has 0 aliphatic heterocycles. The smallest absolute Gasteiger partial charge is 0.0244 e. The molecule has 0 aromatic rings. The van der Waals surface area contributed by atoms with Gasteiger partial charge in [-0.25, -0.2) is 0 Å². The predicted octanol–water partition coefficient (Wildman–Crippen LogP) is 5.00. The number of rotatable bonds is 5. The zero-order chi connectivity index (χ0) is 10.1. The maximum Gasteiger partial charge on any atom is -0.0244 e. The Morgan fingerprint density at radius 2 is 1.86 bits per heavy atom. The first-order valence-corrected chi connectivity index (χ1v) is 6.36. The van der Waals surface area contributed by atoms with Crippen molar-refractivity contribution in [1.29, 1.82) is 0 Å². The molecule has 0 unspecified atom stereocenters. The third-order valence-electron chi connectivity index (χ3n) is 2.97. The van der Waals surface area contributed by atoms with E-state index in [1.807, 2.05) is 0 Å². The van der Waals surface area contributed by atoms with Gasteiger partial charge in [0.05, 0.1) is 0 Å². The molecule has 0 aromatic carbocycles. The SMILES string of the molecule is CCCCCCC=C=C1CCCCC1. The lowest BCUT2D eigenvalue weighted by atomic mass is 9.95. The molecule has 1 rings (SSSR count). The number of unbranched alkanes of at least 4 members (excludes halogenated alkanes) is 4. The van der Waals surface area contributed by atoms with Crippen LogP contribution in [0.5, 0.6) is 0 Å². The molecule has 1 saturated carbocycles. The second kappa shape index (κ2) is 7.88. The lowest BCUT2D eigenvalue weighted by Gasteiger charge is -2.10. The van der Waals surface area contributed by atoms with Crippen LogP contribution in [0.15, 0.2) is 17.4 Å². The second-order valence-electron chi connectivity index (χ2n) is 4.36. The van der Waals surface area contributed by atoms with Gasteiger partial charge in [0.1, 0.15) is 0 Å². The lowest BCUT2D eigenvalue weighted by molar-refractivity contribution is 0.599. The van der Waals surface area contributed by atoms with Crippen LogP contribution in [-0.4, -0.2) is 0 Å². The molecule has 0 atom stereocenters. The van der Waals surface area contributed by atoms with E-state index in [9.17, 15) is 0 Å². The summed E-state index contributed by atoms with van der Waals surface area (Å²) >= 11 is 0. The Bertz CT molecular complexity index is 186. The molecule has 14 heavy (non-hydrogen) atoms. The predicted molar refractivity (Wildman–Crippen MR) is 63.4 cm³/mol. The third-order valence-corrected chi connectivity index (χ3v) is 2.97. The van der Waals surface area contributed by atoms with Crippen molar-refractivity contribution in [3.63, 3.8) is 0 Å². The number of hydrogen-bond donors (Lipinski definition) is 0. The molecular formula is C14H24. The summed E-state index contributed by atoms with van der Waals surface area (Å²) in [6.45, 7) is 2.26. The molecule has 0 amide bonds. The van der Waals surface area contributed by atoms with Crippen LogP contribution in [-0.2, 0) is 0 Å². The van der Waals surface area contributed by atoms with Gasteiger partial charge in [-0.1, -0.05) is 32.6 Å². The van der Waals surface area contributed by atoms with Crippen molar-refractivity contribution in [2.24, 2.45) is 0 Å². The van der Waals surface area contributed by atoms with Crippen LogP contribution in [0, 0.1) is 0 Å². The summed E-state index contributed by atoms with van der Waals surface area (Å²) in [7, 11) is 0. The molecule has 0 spiro atoms. The van der Waals surface area contributed by atoms with E-state index in [2.05, 4.69) is 18.7 Å². The van der Waals surface area contributed by atoms with Crippen molar-refractivity contribution < 1.29 is 0 Å². The Labute approximate surface area is 89.1 Å². The quantitative estimate of drug-likeness (QED) is 0.424. The number of hydrogen-bond acceptors (Lipinski definition) is 0. The topological polar surface area (TPSA) is 0 Å². The van der Waals surface area contributed by atoms with Crippen LogP contribution in [0.3, 0.4) is 0 Å². The van der Waals surface area contributed by atoms with Crippen LogP contribution in [0.25, 0.3) is 0 Å². The van der Waals surface area contributed by atoms with Gasteiger partial charge in [-0.05, 0) is 50.2 Å². The molecule has 0 radical (unpaired) electrons. The van der Waals surface area contributed by atoms with Crippen LogP contribution in [0.1, 0.15) is 71.1 Å². The van der Waals surface area contributed by atoms with Crippen LogP contribution < -0.4 is 0 Å². The van der Waals surface area contributed by atoms with Gasteiger partial charge in [0.2, 0.25) is 0 Å². The fourth-order valence-electron chi connectivity index (χ4n) is 2.01. The van der Waals surface area contributed by atoms with E-state index in [0.717, 1.165) is 0 Å². The van der Waals surface area contributed by atoms with Gasteiger partial charge in [-0.2, -0.15) is 0 Å². The molecule has 1 fully saturated rings. The van der Waals surface area contributed by atoms with Crippen molar-refractivity contribution in [2.45, 2.75) is 71.1 Å². The van der Waals surface area contributed by atoms with E-state index >= 15 is 0 Å². The molecule has 0 nitrogen and oxygen atoms in total. The van der Waals surface area contributed by atoms with E-state index in [-0.39, 0.29) is 0 Å². The molecule has 0 bridgehead atoms. The van der Waals surface area contributed by atoms with Crippen LogP contribution in [0.4, 0.5) is 0 Å². The zero-order valence-electron chi connectivity index (χ0n) is 9.65. The van der Waals surface area contributed by atoms with E-state index in [0.29, 0.717) is 0 Å². The summed E-state index contributed by atoms with van der Waals surface area (Å²) in [5, 5.41) is 0. The minimum absolute atomic E-state index is 1.24. The largest absolute Gasteiger partial charge is 0.126 e. The van der Waals surface area contributed by atoms with Gasteiger partial charge in [0, 0.05) is 0 Å². The highest BCUT2D eigenvalue weighted by Gasteiger charge is 2.02. The van der Waals surface area contributed by atoms with Crippen molar-refractivity contribution in [3.8, 4) is 0 Å². The van der Waals surface area contributed by atoms with E-state index in [4.69, 9.17) is 0 Å². The van der Waals surface area contributed by atoms with E-state index in [1.54, 1.807) is 5.57 Å². The highest BCUT2D eigenvalue weighted by Crippen LogP contribution is 2.21. The van der Waals surface area contributed by atoms with Gasteiger partial charge in [0.25, 0.3) is 0 Å². The van der Waals surface area contributed by atoms with Crippen molar-refractivity contribution in [3.05, 3.63) is 17.4 Å². The average Bonchev–Trinajstić information content (AvgIpc) is 2.25. The lowest BCUT2D eigenvalue weighted by Crippen LogP contribution is -1.91. The Morgan fingerprint density at radius 3 is 2.57 bits per heavy atom. The van der Waals surface area contributed by atoms with Gasteiger partial charge in [-0.15, -0.1) is 5.73 Å². The summed E-state index contributed by atoms with van der Waals surface area (Å²) in [5.74, 6) is 0. The molecule has 0 heterocycles.